The Morgan fingerprint density at radius 1 is 1.29 bits per heavy atom. The number of amidine groups is 1. The third-order valence-electron chi connectivity index (χ3n) is 4.03. The van der Waals surface area contributed by atoms with E-state index in [-0.39, 0.29) is 11.4 Å². The lowest BCUT2D eigenvalue weighted by molar-refractivity contribution is 0.128. The number of pyridine rings is 1. The normalized spacial score (nSPS) is 18.1. The van der Waals surface area contributed by atoms with Crippen LogP contribution in [0.5, 0.6) is 0 Å². The molecular formula is C15H25N5O. The van der Waals surface area contributed by atoms with E-state index in [9.17, 15) is 0 Å². The molecule has 0 bridgehead atoms. The van der Waals surface area contributed by atoms with Crippen molar-refractivity contribution in [1.82, 2.24) is 9.88 Å². The molecule has 2 heterocycles. The van der Waals surface area contributed by atoms with Gasteiger partial charge in [-0.1, -0.05) is 5.16 Å². The molecule has 6 heteroatoms. The highest BCUT2D eigenvalue weighted by Crippen LogP contribution is 2.24. The first-order valence-corrected chi connectivity index (χ1v) is 7.28. The number of oxime groups is 1. The molecule has 1 aromatic heterocycles. The number of rotatable bonds is 2. The first kappa shape index (κ1) is 15.6. The number of piperazine rings is 1. The number of hydrogen-bond acceptors (Lipinski definition) is 5. The van der Waals surface area contributed by atoms with Crippen molar-refractivity contribution in [2.45, 2.75) is 33.2 Å². The predicted octanol–water partition coefficient (Wildman–Crippen LogP) is 1.41. The van der Waals surface area contributed by atoms with Crippen molar-refractivity contribution in [3.05, 3.63) is 23.4 Å². The molecular weight excluding hydrogens is 266 g/mol. The van der Waals surface area contributed by atoms with E-state index in [1.807, 2.05) is 13.0 Å². The lowest BCUT2D eigenvalue weighted by Gasteiger charge is -2.43. The molecule has 0 amide bonds. The summed E-state index contributed by atoms with van der Waals surface area (Å²) in [6.45, 7) is 12.4. The summed E-state index contributed by atoms with van der Waals surface area (Å²) >= 11 is 0. The summed E-state index contributed by atoms with van der Waals surface area (Å²) in [6.07, 6.45) is 1.77. The van der Waals surface area contributed by atoms with Crippen LogP contribution in [0.15, 0.2) is 17.4 Å². The fourth-order valence-corrected chi connectivity index (χ4v) is 2.74. The minimum atomic E-state index is 0.119. The zero-order valence-electron chi connectivity index (χ0n) is 13.3. The van der Waals surface area contributed by atoms with E-state index < -0.39 is 0 Å². The van der Waals surface area contributed by atoms with Crippen LogP contribution in [-0.2, 0) is 0 Å². The molecule has 0 aliphatic carbocycles. The summed E-state index contributed by atoms with van der Waals surface area (Å²) in [5.41, 5.74) is 7.70. The number of nitrogens with zero attached hydrogens (tertiary/aromatic N) is 4. The third-order valence-corrected chi connectivity index (χ3v) is 4.03. The summed E-state index contributed by atoms with van der Waals surface area (Å²) in [4.78, 5) is 9.13. The van der Waals surface area contributed by atoms with E-state index in [1.165, 1.54) is 0 Å². The Bertz CT molecular complexity index is 527. The highest BCUT2D eigenvalue weighted by Gasteiger charge is 2.27. The Kier molecular flexibility index (Phi) is 4.37. The van der Waals surface area contributed by atoms with Gasteiger partial charge in [-0.15, -0.1) is 0 Å². The largest absolute Gasteiger partial charge is 0.409 e. The molecule has 2 rings (SSSR count). The van der Waals surface area contributed by atoms with Gasteiger partial charge < -0.3 is 15.8 Å². The molecule has 0 aromatic carbocycles. The molecule has 1 aliphatic rings. The molecule has 0 saturated carbocycles. The molecule has 1 aliphatic heterocycles. The second-order valence-corrected chi connectivity index (χ2v) is 6.46. The Morgan fingerprint density at radius 3 is 2.43 bits per heavy atom. The Labute approximate surface area is 126 Å². The quantitative estimate of drug-likeness (QED) is 0.373. The molecule has 21 heavy (non-hydrogen) atoms. The van der Waals surface area contributed by atoms with Gasteiger partial charge in [-0.25, -0.2) is 4.98 Å². The smallest absolute Gasteiger partial charge is 0.174 e. The van der Waals surface area contributed by atoms with Crippen LogP contribution in [-0.4, -0.2) is 52.6 Å². The molecule has 3 N–H and O–H groups in total. The SMILES string of the molecule is Cc1ccnc(N2CCN(C(C)(C)C)CC2)c1/C(N)=N/O. The van der Waals surface area contributed by atoms with Gasteiger partial charge in [-0.05, 0) is 39.3 Å². The fraction of sp³-hybridized carbons (Fsp3) is 0.600. The third kappa shape index (κ3) is 3.26. The van der Waals surface area contributed by atoms with E-state index in [1.54, 1.807) is 6.20 Å². The van der Waals surface area contributed by atoms with Gasteiger partial charge in [0.1, 0.15) is 5.82 Å². The number of aromatic nitrogens is 1. The number of aryl methyl sites for hydroxylation is 1. The molecule has 0 atom stereocenters. The second-order valence-electron chi connectivity index (χ2n) is 6.46. The summed E-state index contributed by atoms with van der Waals surface area (Å²) in [6, 6.07) is 1.88. The average Bonchev–Trinajstić information content (AvgIpc) is 2.45. The highest BCUT2D eigenvalue weighted by molar-refractivity contribution is 6.02. The lowest BCUT2D eigenvalue weighted by Crippen LogP contribution is -2.54. The second kappa shape index (κ2) is 5.89. The van der Waals surface area contributed by atoms with Crippen LogP contribution in [0.2, 0.25) is 0 Å². The van der Waals surface area contributed by atoms with Crippen molar-refractivity contribution >= 4 is 11.7 Å². The van der Waals surface area contributed by atoms with Gasteiger partial charge >= 0.3 is 0 Å². The van der Waals surface area contributed by atoms with Gasteiger partial charge in [0.2, 0.25) is 0 Å². The van der Waals surface area contributed by atoms with E-state index >= 15 is 0 Å². The minimum Gasteiger partial charge on any atom is -0.409 e. The molecule has 116 valence electrons. The molecule has 1 aromatic rings. The predicted molar refractivity (Wildman–Crippen MR) is 85.0 cm³/mol. The van der Waals surface area contributed by atoms with E-state index in [0.717, 1.165) is 43.1 Å². The first-order valence-electron chi connectivity index (χ1n) is 7.28. The number of anilines is 1. The zero-order chi connectivity index (χ0) is 15.6. The number of nitrogens with two attached hydrogens (primary N) is 1. The lowest BCUT2D eigenvalue weighted by atomic mass is 10.0. The van der Waals surface area contributed by atoms with Gasteiger partial charge in [-0.3, -0.25) is 4.90 Å². The molecule has 0 radical (unpaired) electrons. The molecule has 1 fully saturated rings. The molecule has 1 saturated heterocycles. The van der Waals surface area contributed by atoms with Crippen molar-refractivity contribution in [2.24, 2.45) is 10.9 Å². The Morgan fingerprint density at radius 2 is 1.90 bits per heavy atom. The van der Waals surface area contributed by atoms with E-state index in [0.29, 0.717) is 0 Å². The van der Waals surface area contributed by atoms with Crippen LogP contribution in [0, 0.1) is 6.92 Å². The summed E-state index contributed by atoms with van der Waals surface area (Å²) < 4.78 is 0. The Balaban J connectivity index is 2.23. The molecule has 0 unspecified atom stereocenters. The van der Waals surface area contributed by atoms with Crippen LogP contribution >= 0.6 is 0 Å². The maximum atomic E-state index is 8.99. The van der Waals surface area contributed by atoms with Crippen molar-refractivity contribution < 1.29 is 5.21 Å². The van der Waals surface area contributed by atoms with Crippen molar-refractivity contribution in [3.63, 3.8) is 0 Å². The van der Waals surface area contributed by atoms with Crippen LogP contribution < -0.4 is 10.6 Å². The first-order chi connectivity index (χ1) is 9.84. The van der Waals surface area contributed by atoms with Crippen LogP contribution in [0.1, 0.15) is 31.9 Å². The van der Waals surface area contributed by atoms with Crippen molar-refractivity contribution in [2.75, 3.05) is 31.1 Å². The zero-order valence-corrected chi connectivity index (χ0v) is 13.3. The number of hydrogen-bond donors (Lipinski definition) is 2. The van der Waals surface area contributed by atoms with E-state index in [2.05, 4.69) is 40.7 Å². The van der Waals surface area contributed by atoms with Gasteiger partial charge in [0.25, 0.3) is 0 Å². The maximum Gasteiger partial charge on any atom is 0.174 e. The monoisotopic (exact) mass is 291 g/mol. The molecule has 6 nitrogen and oxygen atoms in total. The van der Waals surface area contributed by atoms with Gasteiger partial charge in [0.05, 0.1) is 5.56 Å². The standard InChI is InChI=1S/C15H25N5O/c1-11-5-6-17-14(12(11)13(16)18-21)19-7-9-20(10-8-19)15(2,3)4/h5-6,21H,7-10H2,1-4H3,(H2,16,18). The topological polar surface area (TPSA) is 78.0 Å². The fourth-order valence-electron chi connectivity index (χ4n) is 2.74. The highest BCUT2D eigenvalue weighted by atomic mass is 16.4. The van der Waals surface area contributed by atoms with Crippen molar-refractivity contribution in [1.29, 1.82) is 0 Å². The Hall–Kier alpha value is -1.82. The minimum absolute atomic E-state index is 0.119. The molecule has 0 spiro atoms. The van der Waals surface area contributed by atoms with Gasteiger partial charge in [-0.2, -0.15) is 0 Å². The summed E-state index contributed by atoms with van der Waals surface area (Å²) in [7, 11) is 0. The van der Waals surface area contributed by atoms with Gasteiger partial charge in [0.15, 0.2) is 5.84 Å². The van der Waals surface area contributed by atoms with Crippen LogP contribution in [0.25, 0.3) is 0 Å². The summed E-state index contributed by atoms with van der Waals surface area (Å²) in [5.74, 6) is 0.924. The average molecular weight is 291 g/mol. The van der Waals surface area contributed by atoms with Crippen molar-refractivity contribution in [3.8, 4) is 0 Å². The van der Waals surface area contributed by atoms with Crippen LogP contribution in [0.3, 0.4) is 0 Å². The maximum absolute atomic E-state index is 8.99. The van der Waals surface area contributed by atoms with E-state index in [4.69, 9.17) is 10.9 Å². The van der Waals surface area contributed by atoms with Gasteiger partial charge in [0, 0.05) is 37.9 Å². The summed E-state index contributed by atoms with van der Waals surface area (Å²) in [5, 5.41) is 12.1. The van der Waals surface area contributed by atoms with Crippen LogP contribution in [0.4, 0.5) is 5.82 Å².